The summed E-state index contributed by atoms with van der Waals surface area (Å²) in [6.45, 7) is 5.79. The van der Waals surface area contributed by atoms with E-state index in [1.54, 1.807) is 11.3 Å². The van der Waals surface area contributed by atoms with Crippen LogP contribution in [-0.4, -0.2) is 43.0 Å². The van der Waals surface area contributed by atoms with Crippen molar-refractivity contribution in [1.29, 1.82) is 0 Å². The number of benzene rings is 1. The van der Waals surface area contributed by atoms with E-state index < -0.39 is 0 Å². The number of anilines is 1. The van der Waals surface area contributed by atoms with Crippen LogP contribution in [0.3, 0.4) is 0 Å². The Labute approximate surface area is 168 Å². The molecule has 0 radical (unpaired) electrons. The van der Waals surface area contributed by atoms with Gasteiger partial charge < -0.3 is 4.90 Å². The number of aromatic nitrogens is 1. The number of hydrogen-bond acceptors (Lipinski definition) is 5. The monoisotopic (exact) mass is 409 g/mol. The quantitative estimate of drug-likeness (QED) is 0.575. The molecule has 140 valence electrons. The summed E-state index contributed by atoms with van der Waals surface area (Å²) < 4.78 is 1.14. The highest BCUT2D eigenvalue weighted by Crippen LogP contribution is 2.32. The Morgan fingerprint density at radius 2 is 1.96 bits per heavy atom. The van der Waals surface area contributed by atoms with Crippen molar-refractivity contribution in [2.45, 2.75) is 20.3 Å². The van der Waals surface area contributed by atoms with Gasteiger partial charge in [-0.05, 0) is 69.5 Å². The predicted octanol–water partition coefficient (Wildman–Crippen LogP) is 4.99. The van der Waals surface area contributed by atoms with Gasteiger partial charge in [-0.2, -0.15) is 0 Å². The number of thiophene rings is 1. The van der Waals surface area contributed by atoms with Crippen LogP contribution in [0.2, 0.25) is 0 Å². The third kappa shape index (κ3) is 4.62. The second-order valence-electron chi connectivity index (χ2n) is 6.52. The molecule has 2 heterocycles. The molecule has 3 aromatic rings. The molecule has 3 rings (SSSR count). The molecule has 0 N–H and O–H groups in total. The fraction of sp³-hybridized carbons (Fsp3) is 0.368. The van der Waals surface area contributed by atoms with E-state index in [0.29, 0.717) is 6.54 Å². The fourth-order valence-corrected chi connectivity index (χ4v) is 4.67. The van der Waals surface area contributed by atoms with Crippen molar-refractivity contribution in [2.75, 3.05) is 32.1 Å². The first kappa shape index (κ1) is 20.8. The lowest BCUT2D eigenvalue weighted by atomic mass is 10.1. The van der Waals surface area contributed by atoms with Crippen molar-refractivity contribution in [1.82, 2.24) is 9.88 Å². The number of carbonyl (C=O) groups excluding carboxylic acids is 1. The Hall–Kier alpha value is -1.47. The number of aryl methyl sites for hydroxylation is 2. The standard InChI is InChI=1S/C19H23N3OS2.ClH/c1-13-11-14(2)17-16(12-13)25-19(20-17)22(9-6-8-21(3)4)18(23)15-7-5-10-24-15;/h5,7,10-12H,6,8-9H2,1-4H3;1H. The molecule has 26 heavy (non-hydrogen) atoms. The molecule has 1 amide bonds. The lowest BCUT2D eigenvalue weighted by Gasteiger charge is -2.20. The van der Waals surface area contributed by atoms with E-state index in [9.17, 15) is 4.79 Å². The Kier molecular flexibility index (Phi) is 7.17. The lowest BCUT2D eigenvalue weighted by Crippen LogP contribution is -2.32. The Bertz CT molecular complexity index is 874. The molecule has 0 aliphatic rings. The molecule has 7 heteroatoms. The third-order valence-corrected chi connectivity index (χ3v) is 5.90. The maximum Gasteiger partial charge on any atom is 0.270 e. The zero-order valence-electron chi connectivity index (χ0n) is 15.5. The van der Waals surface area contributed by atoms with Crippen LogP contribution in [0.5, 0.6) is 0 Å². The van der Waals surface area contributed by atoms with Gasteiger partial charge >= 0.3 is 0 Å². The van der Waals surface area contributed by atoms with Crippen molar-refractivity contribution < 1.29 is 4.79 Å². The van der Waals surface area contributed by atoms with E-state index in [-0.39, 0.29) is 18.3 Å². The fourth-order valence-electron chi connectivity index (χ4n) is 2.84. The molecule has 0 atom stereocenters. The van der Waals surface area contributed by atoms with Gasteiger partial charge in [0, 0.05) is 6.54 Å². The van der Waals surface area contributed by atoms with Gasteiger partial charge in [0.25, 0.3) is 5.91 Å². The average Bonchev–Trinajstić information content (AvgIpc) is 3.20. The summed E-state index contributed by atoms with van der Waals surface area (Å²) >= 11 is 3.08. The van der Waals surface area contributed by atoms with Gasteiger partial charge in [-0.25, -0.2) is 4.98 Å². The van der Waals surface area contributed by atoms with Gasteiger partial charge in [0.05, 0.1) is 15.1 Å². The zero-order chi connectivity index (χ0) is 18.0. The van der Waals surface area contributed by atoms with E-state index in [0.717, 1.165) is 38.8 Å². The zero-order valence-corrected chi connectivity index (χ0v) is 17.9. The van der Waals surface area contributed by atoms with Gasteiger partial charge in [0.15, 0.2) is 5.13 Å². The van der Waals surface area contributed by atoms with Crippen LogP contribution in [-0.2, 0) is 0 Å². The first-order valence-electron chi connectivity index (χ1n) is 8.33. The predicted molar refractivity (Wildman–Crippen MR) is 116 cm³/mol. The molecule has 4 nitrogen and oxygen atoms in total. The largest absolute Gasteiger partial charge is 0.309 e. The summed E-state index contributed by atoms with van der Waals surface area (Å²) in [5.74, 6) is 0.0437. The Balaban J connectivity index is 0.00000243. The molecule has 0 saturated heterocycles. The summed E-state index contributed by atoms with van der Waals surface area (Å²) in [5.41, 5.74) is 3.39. The molecular weight excluding hydrogens is 386 g/mol. The summed E-state index contributed by atoms with van der Waals surface area (Å²) in [4.78, 5) is 22.5. The van der Waals surface area contributed by atoms with Crippen molar-refractivity contribution in [3.63, 3.8) is 0 Å². The van der Waals surface area contributed by atoms with Crippen molar-refractivity contribution in [2.24, 2.45) is 0 Å². The minimum Gasteiger partial charge on any atom is -0.309 e. The second-order valence-corrected chi connectivity index (χ2v) is 8.47. The molecule has 0 saturated carbocycles. The Morgan fingerprint density at radius 1 is 1.19 bits per heavy atom. The van der Waals surface area contributed by atoms with Crippen LogP contribution in [0.25, 0.3) is 10.2 Å². The number of thiazole rings is 1. The van der Waals surface area contributed by atoms with Crippen LogP contribution in [0.1, 0.15) is 27.2 Å². The number of halogens is 1. The lowest BCUT2D eigenvalue weighted by molar-refractivity contribution is 0.0990. The molecule has 0 bridgehead atoms. The summed E-state index contributed by atoms with van der Waals surface area (Å²) in [5, 5.41) is 2.73. The summed E-state index contributed by atoms with van der Waals surface area (Å²) in [6.07, 6.45) is 0.915. The number of nitrogens with zero attached hydrogens (tertiary/aromatic N) is 3. The van der Waals surface area contributed by atoms with Gasteiger partial charge in [0.2, 0.25) is 0 Å². The van der Waals surface area contributed by atoms with Crippen LogP contribution in [0, 0.1) is 13.8 Å². The molecule has 2 aromatic heterocycles. The summed E-state index contributed by atoms with van der Waals surface area (Å²) in [7, 11) is 4.10. The highest BCUT2D eigenvalue weighted by Gasteiger charge is 2.22. The molecule has 0 spiro atoms. The van der Waals surface area contributed by atoms with Crippen molar-refractivity contribution in [3.05, 3.63) is 45.6 Å². The van der Waals surface area contributed by atoms with E-state index in [4.69, 9.17) is 4.98 Å². The van der Waals surface area contributed by atoms with Crippen molar-refractivity contribution >= 4 is 56.3 Å². The molecule has 0 unspecified atom stereocenters. The number of carbonyl (C=O) groups is 1. The molecule has 0 fully saturated rings. The van der Waals surface area contributed by atoms with E-state index >= 15 is 0 Å². The smallest absolute Gasteiger partial charge is 0.270 e. The SMILES string of the molecule is Cc1cc(C)c2nc(N(CCCN(C)C)C(=O)c3cccs3)sc2c1.Cl. The van der Waals surface area contributed by atoms with E-state index in [1.807, 2.05) is 22.4 Å². The minimum atomic E-state index is 0. The third-order valence-electron chi connectivity index (χ3n) is 4.01. The van der Waals surface area contributed by atoms with Gasteiger partial charge in [0.1, 0.15) is 0 Å². The summed E-state index contributed by atoms with van der Waals surface area (Å²) in [6, 6.07) is 8.09. The van der Waals surface area contributed by atoms with Crippen LogP contribution >= 0.6 is 35.1 Å². The molecule has 1 aromatic carbocycles. The van der Waals surface area contributed by atoms with Crippen LogP contribution < -0.4 is 4.90 Å². The van der Waals surface area contributed by atoms with Gasteiger partial charge in [-0.3, -0.25) is 9.69 Å². The molecule has 0 aliphatic heterocycles. The van der Waals surface area contributed by atoms with E-state index in [2.05, 4.69) is 45.0 Å². The number of amides is 1. The Morgan fingerprint density at radius 3 is 2.62 bits per heavy atom. The highest BCUT2D eigenvalue weighted by atomic mass is 35.5. The average molecular weight is 410 g/mol. The second kappa shape index (κ2) is 8.95. The van der Waals surface area contributed by atoms with Gasteiger partial charge in [-0.15, -0.1) is 23.7 Å². The topological polar surface area (TPSA) is 36.4 Å². The first-order chi connectivity index (χ1) is 12.0. The van der Waals surface area contributed by atoms with Crippen molar-refractivity contribution in [3.8, 4) is 0 Å². The van der Waals surface area contributed by atoms with E-state index in [1.165, 1.54) is 16.9 Å². The number of rotatable bonds is 6. The molecule has 0 aliphatic carbocycles. The normalized spacial score (nSPS) is 11.0. The number of hydrogen-bond donors (Lipinski definition) is 0. The molecular formula is C19H24ClN3OS2. The highest BCUT2D eigenvalue weighted by molar-refractivity contribution is 7.22. The number of fused-ring (bicyclic) bond motifs is 1. The minimum absolute atomic E-state index is 0. The van der Waals surface area contributed by atoms with Crippen LogP contribution in [0.4, 0.5) is 5.13 Å². The van der Waals surface area contributed by atoms with Crippen LogP contribution in [0.15, 0.2) is 29.6 Å². The maximum atomic E-state index is 13.0. The first-order valence-corrected chi connectivity index (χ1v) is 10.0. The maximum absolute atomic E-state index is 13.0. The van der Waals surface area contributed by atoms with Gasteiger partial charge in [-0.1, -0.05) is 23.5 Å².